The molecule has 0 bridgehead atoms. The van der Waals surface area contributed by atoms with Gasteiger partial charge in [-0.15, -0.1) is 12.4 Å². The number of aliphatic hydroxyl groups is 1. The molecule has 1 aromatic rings. The van der Waals surface area contributed by atoms with Gasteiger partial charge in [-0.1, -0.05) is 26.8 Å². The van der Waals surface area contributed by atoms with Crippen LogP contribution in [0.2, 0.25) is 0 Å². The van der Waals surface area contributed by atoms with Gasteiger partial charge in [-0.25, -0.2) is 4.39 Å². The molecule has 0 saturated carbocycles. The Labute approximate surface area is 116 Å². The van der Waals surface area contributed by atoms with E-state index in [1.165, 1.54) is 6.07 Å². The fourth-order valence-corrected chi connectivity index (χ4v) is 1.69. The van der Waals surface area contributed by atoms with Gasteiger partial charge in [-0.2, -0.15) is 0 Å². The van der Waals surface area contributed by atoms with E-state index in [-0.39, 0.29) is 23.6 Å². The van der Waals surface area contributed by atoms with E-state index in [4.69, 9.17) is 5.73 Å². The topological polar surface area (TPSA) is 46.2 Å². The minimum absolute atomic E-state index is 0. The van der Waals surface area contributed by atoms with Crippen LogP contribution in [0.1, 0.15) is 32.4 Å². The first-order valence-corrected chi connectivity index (χ1v) is 5.91. The van der Waals surface area contributed by atoms with Crippen molar-refractivity contribution in [3.8, 4) is 0 Å². The highest BCUT2D eigenvalue weighted by Gasteiger charge is 2.29. The van der Waals surface area contributed by atoms with Gasteiger partial charge >= 0.3 is 0 Å². The molecule has 2 nitrogen and oxygen atoms in total. The monoisotopic (exact) mass is 325 g/mol. The average molecular weight is 327 g/mol. The molecule has 0 amide bonds. The van der Waals surface area contributed by atoms with Crippen molar-refractivity contribution in [2.45, 2.75) is 32.9 Å². The predicted molar refractivity (Wildman–Crippen MR) is 73.7 cm³/mol. The second kappa shape index (κ2) is 6.14. The van der Waals surface area contributed by atoms with Crippen LogP contribution in [-0.4, -0.2) is 11.2 Å². The van der Waals surface area contributed by atoms with E-state index in [9.17, 15) is 9.50 Å². The molecule has 0 saturated heterocycles. The molecule has 0 unspecified atom stereocenters. The van der Waals surface area contributed by atoms with Crippen LogP contribution in [0.15, 0.2) is 22.7 Å². The summed E-state index contributed by atoms with van der Waals surface area (Å²) in [6, 6.07) is 4.08. The Kier molecular flexibility index (Phi) is 6.08. The van der Waals surface area contributed by atoms with Gasteiger partial charge in [0.2, 0.25) is 0 Å². The zero-order valence-electron chi connectivity index (χ0n) is 10.1. The summed E-state index contributed by atoms with van der Waals surface area (Å²) < 4.78 is 13.7. The second-order valence-electron chi connectivity index (χ2n) is 5.01. The van der Waals surface area contributed by atoms with E-state index in [1.54, 1.807) is 12.1 Å². The number of rotatable bonds is 2. The van der Waals surface area contributed by atoms with Gasteiger partial charge in [-0.3, -0.25) is 0 Å². The summed E-state index contributed by atoms with van der Waals surface area (Å²) in [5.74, 6) is -0.367. The highest BCUT2D eigenvalue weighted by atomic mass is 79.9. The molecule has 98 valence electrons. The first-order valence-electron chi connectivity index (χ1n) is 5.12. The lowest BCUT2D eigenvalue weighted by molar-refractivity contribution is 0.0400. The van der Waals surface area contributed by atoms with Crippen molar-refractivity contribution in [1.29, 1.82) is 0 Å². The molecule has 0 heterocycles. The predicted octanol–water partition coefficient (Wildman–Crippen LogP) is 3.42. The lowest BCUT2D eigenvalue weighted by Gasteiger charge is -2.31. The minimum atomic E-state index is -0.715. The van der Waals surface area contributed by atoms with Crippen LogP contribution >= 0.6 is 28.3 Å². The first-order chi connectivity index (χ1) is 7.23. The van der Waals surface area contributed by atoms with Gasteiger partial charge in [0.15, 0.2) is 0 Å². The Balaban J connectivity index is 0.00000256. The molecule has 3 N–H and O–H groups in total. The van der Waals surface area contributed by atoms with E-state index in [2.05, 4.69) is 15.9 Å². The Morgan fingerprint density at radius 2 is 1.88 bits per heavy atom. The smallest absolute Gasteiger partial charge is 0.137 e. The molecule has 2 atom stereocenters. The Hall–Kier alpha value is -0.160. The third-order valence-electron chi connectivity index (χ3n) is 2.56. The maximum atomic E-state index is 13.3. The summed E-state index contributed by atoms with van der Waals surface area (Å²) in [5.41, 5.74) is 6.18. The van der Waals surface area contributed by atoms with Crippen molar-refractivity contribution < 1.29 is 9.50 Å². The molecular formula is C12H18BrClFNO. The molecule has 1 aromatic carbocycles. The number of nitrogens with two attached hydrogens (primary N) is 1. The normalized spacial score (nSPS) is 15.0. The van der Waals surface area contributed by atoms with Crippen molar-refractivity contribution in [3.05, 3.63) is 34.1 Å². The van der Waals surface area contributed by atoms with Gasteiger partial charge in [0.1, 0.15) is 5.82 Å². The fraction of sp³-hybridized carbons (Fsp3) is 0.500. The van der Waals surface area contributed by atoms with Crippen LogP contribution in [0.3, 0.4) is 0 Å². The van der Waals surface area contributed by atoms with Gasteiger partial charge in [0.25, 0.3) is 0 Å². The van der Waals surface area contributed by atoms with Crippen LogP contribution in [-0.2, 0) is 0 Å². The molecule has 0 radical (unpaired) electrons. The van der Waals surface area contributed by atoms with Crippen molar-refractivity contribution in [2.24, 2.45) is 11.1 Å². The molecule has 17 heavy (non-hydrogen) atoms. The lowest BCUT2D eigenvalue weighted by Crippen LogP contribution is -2.37. The quantitative estimate of drug-likeness (QED) is 0.875. The van der Waals surface area contributed by atoms with Crippen LogP contribution in [0, 0.1) is 11.2 Å². The van der Waals surface area contributed by atoms with E-state index >= 15 is 0 Å². The highest BCUT2D eigenvalue weighted by Crippen LogP contribution is 2.29. The summed E-state index contributed by atoms with van der Waals surface area (Å²) in [4.78, 5) is 0. The van der Waals surface area contributed by atoms with Crippen LogP contribution in [0.4, 0.5) is 4.39 Å². The number of benzene rings is 1. The summed E-state index contributed by atoms with van der Waals surface area (Å²) >= 11 is 3.08. The Morgan fingerprint density at radius 1 is 1.35 bits per heavy atom. The van der Waals surface area contributed by atoms with Gasteiger partial charge in [-0.05, 0) is 39.0 Å². The molecule has 0 aliphatic carbocycles. The zero-order valence-corrected chi connectivity index (χ0v) is 12.5. The maximum Gasteiger partial charge on any atom is 0.137 e. The van der Waals surface area contributed by atoms with Gasteiger partial charge < -0.3 is 10.8 Å². The maximum absolute atomic E-state index is 13.3. The Bertz CT molecular complexity index is 381. The largest absolute Gasteiger partial charge is 0.391 e. The molecule has 5 heteroatoms. The molecular weight excluding hydrogens is 308 g/mol. The summed E-state index contributed by atoms with van der Waals surface area (Å²) in [6.07, 6.45) is -0.715. The van der Waals surface area contributed by atoms with Crippen LogP contribution < -0.4 is 5.73 Å². The standard InChI is InChI=1S/C12H17BrFNO.ClH/c1-12(2,3)11(16)10(15)7-4-5-8(13)9(14)6-7;/h4-6,10-11,16H,15H2,1-3H3;1H/t10-,11-;/m1./s1. The van der Waals surface area contributed by atoms with Crippen molar-refractivity contribution >= 4 is 28.3 Å². The SMILES string of the molecule is CC(C)(C)[C@H](O)[C@H](N)c1ccc(Br)c(F)c1.Cl. The molecule has 0 spiro atoms. The summed E-state index contributed by atoms with van der Waals surface area (Å²) in [7, 11) is 0. The third-order valence-corrected chi connectivity index (χ3v) is 3.20. The van der Waals surface area contributed by atoms with E-state index in [0.717, 1.165) is 0 Å². The molecule has 0 fully saturated rings. The summed E-state index contributed by atoms with van der Waals surface area (Å²) in [5, 5.41) is 10.0. The molecule has 0 aliphatic rings. The van der Waals surface area contributed by atoms with E-state index in [1.807, 2.05) is 20.8 Å². The Morgan fingerprint density at radius 3 is 2.29 bits per heavy atom. The number of hydrogen-bond acceptors (Lipinski definition) is 2. The van der Waals surface area contributed by atoms with Crippen molar-refractivity contribution in [3.63, 3.8) is 0 Å². The molecule has 1 rings (SSSR count). The number of halogens is 3. The number of aliphatic hydroxyl groups excluding tert-OH is 1. The number of hydrogen-bond donors (Lipinski definition) is 2. The van der Waals surface area contributed by atoms with Crippen molar-refractivity contribution in [1.82, 2.24) is 0 Å². The fourth-order valence-electron chi connectivity index (χ4n) is 1.44. The minimum Gasteiger partial charge on any atom is -0.391 e. The summed E-state index contributed by atoms with van der Waals surface area (Å²) in [6.45, 7) is 5.69. The van der Waals surface area contributed by atoms with Gasteiger partial charge in [0.05, 0.1) is 16.6 Å². The highest BCUT2D eigenvalue weighted by molar-refractivity contribution is 9.10. The molecule has 0 aliphatic heterocycles. The second-order valence-corrected chi connectivity index (χ2v) is 5.86. The van der Waals surface area contributed by atoms with E-state index < -0.39 is 12.1 Å². The average Bonchev–Trinajstić information content (AvgIpc) is 2.18. The van der Waals surface area contributed by atoms with Crippen molar-refractivity contribution in [2.75, 3.05) is 0 Å². The van der Waals surface area contributed by atoms with Gasteiger partial charge in [0, 0.05) is 0 Å². The van der Waals surface area contributed by atoms with Crippen LogP contribution in [0.25, 0.3) is 0 Å². The first kappa shape index (κ1) is 16.8. The van der Waals surface area contributed by atoms with Crippen LogP contribution in [0.5, 0.6) is 0 Å². The van der Waals surface area contributed by atoms with E-state index in [0.29, 0.717) is 10.0 Å². The lowest BCUT2D eigenvalue weighted by atomic mass is 9.82. The molecule has 0 aromatic heterocycles. The zero-order chi connectivity index (χ0) is 12.5. The third kappa shape index (κ3) is 4.21.